The lowest BCUT2D eigenvalue weighted by Gasteiger charge is -2.30. The van der Waals surface area contributed by atoms with Crippen LogP contribution < -0.4 is 0 Å². The Morgan fingerprint density at radius 1 is 1.25 bits per heavy atom. The lowest BCUT2D eigenvalue weighted by molar-refractivity contribution is 0.180. The van der Waals surface area contributed by atoms with Crippen molar-refractivity contribution < 1.29 is 8.91 Å². The van der Waals surface area contributed by atoms with Crippen LogP contribution in [0.2, 0.25) is 0 Å². The molecule has 2 aromatic heterocycles. The predicted molar refractivity (Wildman–Crippen MR) is 91.3 cm³/mol. The zero-order valence-corrected chi connectivity index (χ0v) is 14.0. The molecule has 1 saturated heterocycles. The monoisotopic (exact) mass is 343 g/mol. The van der Waals surface area contributed by atoms with E-state index >= 15 is 0 Å². The van der Waals surface area contributed by atoms with E-state index in [4.69, 9.17) is 4.52 Å². The van der Waals surface area contributed by atoms with E-state index in [-0.39, 0.29) is 11.7 Å². The molecule has 24 heavy (non-hydrogen) atoms. The molecule has 6 heteroatoms. The smallest absolute Gasteiger partial charge is 0.231 e. The van der Waals surface area contributed by atoms with E-state index in [0.29, 0.717) is 5.82 Å². The molecule has 1 aliphatic heterocycles. The molecule has 0 spiro atoms. The Balaban J connectivity index is 1.44. The van der Waals surface area contributed by atoms with Gasteiger partial charge in [0, 0.05) is 13.1 Å². The van der Waals surface area contributed by atoms with Crippen LogP contribution in [0.4, 0.5) is 4.39 Å². The van der Waals surface area contributed by atoms with Gasteiger partial charge in [-0.3, -0.25) is 4.90 Å². The molecule has 4 rings (SSSR count). The van der Waals surface area contributed by atoms with E-state index in [9.17, 15) is 4.39 Å². The highest BCUT2D eigenvalue weighted by atomic mass is 32.1. The third kappa shape index (κ3) is 3.39. The molecule has 1 atom stereocenters. The molecule has 0 amide bonds. The van der Waals surface area contributed by atoms with Gasteiger partial charge in [0.1, 0.15) is 5.82 Å². The minimum absolute atomic E-state index is 0.192. The van der Waals surface area contributed by atoms with Gasteiger partial charge in [-0.05, 0) is 48.5 Å². The van der Waals surface area contributed by atoms with Crippen LogP contribution in [0.1, 0.15) is 30.2 Å². The number of likely N-dealkylation sites (tertiary alicyclic amines) is 1. The van der Waals surface area contributed by atoms with Gasteiger partial charge in [0.25, 0.3) is 0 Å². The average molecular weight is 343 g/mol. The van der Waals surface area contributed by atoms with E-state index in [1.807, 2.05) is 29.6 Å². The molecule has 0 aliphatic carbocycles. The number of hydrogen-bond acceptors (Lipinski definition) is 5. The fourth-order valence-electron chi connectivity index (χ4n) is 3.16. The Kier molecular flexibility index (Phi) is 4.40. The van der Waals surface area contributed by atoms with Gasteiger partial charge in [-0.1, -0.05) is 23.4 Å². The van der Waals surface area contributed by atoms with Crippen LogP contribution >= 0.6 is 11.3 Å². The highest BCUT2D eigenvalue weighted by Crippen LogP contribution is 2.29. The lowest BCUT2D eigenvalue weighted by Crippen LogP contribution is -2.34. The fourth-order valence-corrected chi connectivity index (χ4v) is 3.80. The first-order valence-electron chi connectivity index (χ1n) is 8.12. The molecule has 3 heterocycles. The lowest BCUT2D eigenvalue weighted by atomic mass is 9.97. The van der Waals surface area contributed by atoms with E-state index < -0.39 is 0 Å². The highest BCUT2D eigenvalue weighted by Gasteiger charge is 2.26. The van der Waals surface area contributed by atoms with Gasteiger partial charge >= 0.3 is 0 Å². The fraction of sp³-hybridized carbons (Fsp3) is 0.333. The molecule has 0 radical (unpaired) electrons. The van der Waals surface area contributed by atoms with Crippen LogP contribution in [0.25, 0.3) is 10.7 Å². The Hall–Kier alpha value is -2.05. The molecule has 0 N–H and O–H groups in total. The first-order chi connectivity index (χ1) is 11.8. The van der Waals surface area contributed by atoms with Gasteiger partial charge in [0.2, 0.25) is 11.7 Å². The summed E-state index contributed by atoms with van der Waals surface area (Å²) in [5.74, 6) is 1.47. The number of thiophene rings is 1. The third-order valence-corrected chi connectivity index (χ3v) is 5.22. The van der Waals surface area contributed by atoms with Crippen molar-refractivity contribution in [3.8, 4) is 10.7 Å². The quantitative estimate of drug-likeness (QED) is 0.708. The van der Waals surface area contributed by atoms with Crippen molar-refractivity contribution in [1.82, 2.24) is 15.0 Å². The predicted octanol–water partition coefficient (Wildman–Crippen LogP) is 4.32. The SMILES string of the molecule is Fc1ccc(CN2CCCC(c3nc(-c4cccs4)no3)C2)cc1. The standard InChI is InChI=1S/C18H18FN3OS/c19-15-7-5-13(6-8-15)11-22-9-1-3-14(12-22)18-20-17(21-23-18)16-4-2-10-24-16/h2,4-8,10,14H,1,3,9,11-12H2. The second kappa shape index (κ2) is 6.83. The molecule has 1 aliphatic rings. The summed E-state index contributed by atoms with van der Waals surface area (Å²) in [5, 5.41) is 6.13. The van der Waals surface area contributed by atoms with Crippen molar-refractivity contribution in [1.29, 1.82) is 0 Å². The van der Waals surface area contributed by atoms with E-state index in [1.165, 1.54) is 12.1 Å². The Morgan fingerprint density at radius 3 is 2.92 bits per heavy atom. The summed E-state index contributed by atoms with van der Waals surface area (Å²) in [7, 11) is 0. The van der Waals surface area contributed by atoms with Crippen molar-refractivity contribution in [2.45, 2.75) is 25.3 Å². The molecule has 1 fully saturated rings. The van der Waals surface area contributed by atoms with Crippen molar-refractivity contribution in [3.63, 3.8) is 0 Å². The zero-order valence-electron chi connectivity index (χ0n) is 13.2. The molecule has 124 valence electrons. The van der Waals surface area contributed by atoms with Crippen molar-refractivity contribution in [3.05, 3.63) is 59.0 Å². The highest BCUT2D eigenvalue weighted by molar-refractivity contribution is 7.13. The Labute approximate surface area is 143 Å². The molecular formula is C18H18FN3OS. The maximum Gasteiger partial charge on any atom is 0.231 e. The average Bonchev–Trinajstić information content (AvgIpc) is 3.28. The molecule has 0 bridgehead atoms. The number of rotatable bonds is 4. The topological polar surface area (TPSA) is 42.2 Å². The molecule has 3 aromatic rings. The van der Waals surface area contributed by atoms with Crippen LogP contribution in [-0.4, -0.2) is 28.1 Å². The maximum atomic E-state index is 13.0. The third-order valence-electron chi connectivity index (χ3n) is 4.36. The number of piperidine rings is 1. The van der Waals surface area contributed by atoms with Crippen molar-refractivity contribution in [2.75, 3.05) is 13.1 Å². The summed E-state index contributed by atoms with van der Waals surface area (Å²) in [6.07, 6.45) is 2.16. The number of hydrogen-bond donors (Lipinski definition) is 0. The molecule has 4 nitrogen and oxygen atoms in total. The maximum absolute atomic E-state index is 13.0. The van der Waals surface area contributed by atoms with Gasteiger partial charge in [0.15, 0.2) is 0 Å². The summed E-state index contributed by atoms with van der Waals surface area (Å²) in [4.78, 5) is 7.99. The van der Waals surface area contributed by atoms with Gasteiger partial charge in [-0.2, -0.15) is 4.98 Å². The molecule has 1 unspecified atom stereocenters. The number of nitrogens with zero attached hydrogens (tertiary/aromatic N) is 3. The van der Waals surface area contributed by atoms with Gasteiger partial charge in [-0.25, -0.2) is 4.39 Å². The second-order valence-corrected chi connectivity index (χ2v) is 7.08. The van der Waals surface area contributed by atoms with Crippen molar-refractivity contribution >= 4 is 11.3 Å². The largest absolute Gasteiger partial charge is 0.339 e. The van der Waals surface area contributed by atoms with Crippen LogP contribution in [0.15, 0.2) is 46.3 Å². The van der Waals surface area contributed by atoms with Gasteiger partial charge in [0.05, 0.1) is 10.8 Å². The van der Waals surface area contributed by atoms with Crippen LogP contribution in [-0.2, 0) is 6.54 Å². The van der Waals surface area contributed by atoms with Crippen LogP contribution in [0, 0.1) is 5.82 Å². The summed E-state index contributed by atoms with van der Waals surface area (Å²) in [5.41, 5.74) is 1.13. The Morgan fingerprint density at radius 2 is 2.12 bits per heavy atom. The Bertz CT molecular complexity index is 785. The zero-order chi connectivity index (χ0) is 16.4. The van der Waals surface area contributed by atoms with E-state index in [2.05, 4.69) is 15.0 Å². The van der Waals surface area contributed by atoms with Crippen molar-refractivity contribution in [2.24, 2.45) is 0 Å². The molecule has 0 saturated carbocycles. The normalized spacial score (nSPS) is 18.8. The minimum Gasteiger partial charge on any atom is -0.339 e. The van der Waals surface area contributed by atoms with Gasteiger partial charge < -0.3 is 4.52 Å². The summed E-state index contributed by atoms with van der Waals surface area (Å²) >= 11 is 1.61. The van der Waals surface area contributed by atoms with E-state index in [0.717, 1.165) is 48.8 Å². The molecular weight excluding hydrogens is 325 g/mol. The number of aromatic nitrogens is 2. The second-order valence-electron chi connectivity index (χ2n) is 6.13. The van der Waals surface area contributed by atoms with E-state index in [1.54, 1.807) is 11.3 Å². The molecule has 1 aromatic carbocycles. The first-order valence-corrected chi connectivity index (χ1v) is 9.00. The summed E-state index contributed by atoms with van der Waals surface area (Å²) in [6.45, 7) is 2.76. The number of halogens is 1. The van der Waals surface area contributed by atoms with Crippen LogP contribution in [0.5, 0.6) is 0 Å². The first kappa shape index (κ1) is 15.5. The minimum atomic E-state index is -0.192. The van der Waals surface area contributed by atoms with Crippen LogP contribution in [0.3, 0.4) is 0 Å². The summed E-state index contributed by atoms with van der Waals surface area (Å²) in [6, 6.07) is 10.7. The number of benzene rings is 1. The van der Waals surface area contributed by atoms with Gasteiger partial charge in [-0.15, -0.1) is 11.3 Å². The summed E-state index contributed by atoms with van der Waals surface area (Å²) < 4.78 is 18.5.